The van der Waals surface area contributed by atoms with Gasteiger partial charge in [-0.2, -0.15) is 14.6 Å². The van der Waals surface area contributed by atoms with E-state index >= 15 is 0 Å². The van der Waals surface area contributed by atoms with E-state index in [4.69, 9.17) is 15.7 Å². The number of nitrogens with one attached hydrogen (secondary N) is 1. The second-order valence-electron chi connectivity index (χ2n) is 8.86. The smallest absolute Gasteiger partial charge is 0.234 e. The van der Waals surface area contributed by atoms with Gasteiger partial charge in [0, 0.05) is 43.0 Å². The third-order valence-electron chi connectivity index (χ3n) is 5.95. The van der Waals surface area contributed by atoms with Gasteiger partial charge in [-0.15, -0.1) is 0 Å². The molecule has 0 amide bonds. The molecule has 0 saturated carbocycles. The summed E-state index contributed by atoms with van der Waals surface area (Å²) in [5, 5.41) is 7.84. The normalized spacial score (nSPS) is 12.0. The van der Waals surface area contributed by atoms with Gasteiger partial charge in [-0.05, 0) is 31.4 Å². The highest BCUT2D eigenvalue weighted by atomic mass is 15.4. The molecular weight excluding hydrogens is 450 g/mol. The van der Waals surface area contributed by atoms with Crippen molar-refractivity contribution < 1.29 is 0 Å². The number of rotatable bonds is 8. The fraction of sp³-hybridized carbons (Fsp3) is 0.222. The van der Waals surface area contributed by atoms with Crippen molar-refractivity contribution in [1.29, 1.82) is 0 Å². The molecule has 0 saturated heterocycles. The number of anilines is 3. The molecule has 36 heavy (non-hydrogen) atoms. The van der Waals surface area contributed by atoms with Crippen LogP contribution < -0.4 is 16.0 Å². The SMILES string of the molecule is Cc1cc(N(C)c2nc(-c3ccccc3)cc3ncnn23)nc(N[C@@H](C)Cc2cccc(CN)c2)n1. The van der Waals surface area contributed by atoms with Gasteiger partial charge >= 0.3 is 0 Å². The zero-order chi connectivity index (χ0) is 25.1. The quantitative estimate of drug-likeness (QED) is 0.341. The summed E-state index contributed by atoms with van der Waals surface area (Å²) in [6, 6.07) is 22.4. The number of nitrogens with two attached hydrogens (primary N) is 1. The summed E-state index contributed by atoms with van der Waals surface area (Å²) < 4.78 is 1.71. The number of hydrogen-bond donors (Lipinski definition) is 2. The monoisotopic (exact) mass is 479 g/mol. The predicted molar refractivity (Wildman–Crippen MR) is 142 cm³/mol. The van der Waals surface area contributed by atoms with E-state index in [0.29, 0.717) is 29.9 Å². The Morgan fingerprint density at radius 1 is 0.972 bits per heavy atom. The van der Waals surface area contributed by atoms with Gasteiger partial charge in [0.05, 0.1) is 5.69 Å². The summed E-state index contributed by atoms with van der Waals surface area (Å²) in [5.41, 5.74) is 11.5. The maximum atomic E-state index is 5.80. The first-order valence-corrected chi connectivity index (χ1v) is 11.9. The van der Waals surface area contributed by atoms with Crippen molar-refractivity contribution in [2.75, 3.05) is 17.3 Å². The van der Waals surface area contributed by atoms with E-state index in [0.717, 1.165) is 28.9 Å². The lowest BCUT2D eigenvalue weighted by atomic mass is 10.0. The first-order chi connectivity index (χ1) is 17.5. The summed E-state index contributed by atoms with van der Waals surface area (Å²) in [6.45, 7) is 4.61. The molecule has 1 atom stereocenters. The van der Waals surface area contributed by atoms with Crippen LogP contribution in [0.1, 0.15) is 23.7 Å². The first-order valence-electron chi connectivity index (χ1n) is 11.9. The Kier molecular flexibility index (Phi) is 6.55. The van der Waals surface area contributed by atoms with Crippen LogP contribution in [0.3, 0.4) is 0 Å². The van der Waals surface area contributed by atoms with E-state index in [1.54, 1.807) is 4.52 Å². The molecule has 5 aromatic rings. The molecule has 9 heteroatoms. The van der Waals surface area contributed by atoms with Crippen molar-refractivity contribution in [3.8, 4) is 11.3 Å². The van der Waals surface area contributed by atoms with E-state index < -0.39 is 0 Å². The van der Waals surface area contributed by atoms with E-state index in [2.05, 4.69) is 39.4 Å². The van der Waals surface area contributed by atoms with E-state index in [1.165, 1.54) is 11.9 Å². The number of aromatic nitrogens is 6. The van der Waals surface area contributed by atoms with Crippen molar-refractivity contribution in [2.45, 2.75) is 32.9 Å². The lowest BCUT2D eigenvalue weighted by Gasteiger charge is -2.21. The largest absolute Gasteiger partial charge is 0.351 e. The van der Waals surface area contributed by atoms with Crippen LogP contribution in [0.4, 0.5) is 17.7 Å². The number of nitrogens with zero attached hydrogens (tertiary/aromatic N) is 7. The second-order valence-corrected chi connectivity index (χ2v) is 8.86. The van der Waals surface area contributed by atoms with Crippen molar-refractivity contribution in [1.82, 2.24) is 29.5 Å². The van der Waals surface area contributed by atoms with E-state index in [-0.39, 0.29) is 6.04 Å². The maximum absolute atomic E-state index is 5.80. The van der Waals surface area contributed by atoms with Crippen LogP contribution in [0, 0.1) is 6.92 Å². The number of benzene rings is 2. The van der Waals surface area contributed by atoms with Gasteiger partial charge in [0.25, 0.3) is 0 Å². The van der Waals surface area contributed by atoms with Crippen molar-refractivity contribution in [3.63, 3.8) is 0 Å². The minimum absolute atomic E-state index is 0.125. The summed E-state index contributed by atoms with van der Waals surface area (Å²) in [7, 11) is 1.92. The predicted octanol–water partition coefficient (Wildman–Crippen LogP) is 4.16. The fourth-order valence-electron chi connectivity index (χ4n) is 4.19. The van der Waals surface area contributed by atoms with Gasteiger partial charge in [-0.25, -0.2) is 15.0 Å². The van der Waals surface area contributed by atoms with Crippen molar-refractivity contribution >= 4 is 23.4 Å². The molecule has 0 radical (unpaired) electrons. The zero-order valence-corrected chi connectivity index (χ0v) is 20.6. The van der Waals surface area contributed by atoms with Gasteiger partial charge in [0.15, 0.2) is 5.65 Å². The number of fused-ring (bicyclic) bond motifs is 1. The Labute approximate surface area is 210 Å². The molecule has 0 fully saturated rings. The highest BCUT2D eigenvalue weighted by Crippen LogP contribution is 2.26. The molecular formula is C27H29N9. The Morgan fingerprint density at radius 3 is 2.58 bits per heavy atom. The van der Waals surface area contributed by atoms with Gasteiger partial charge in [-0.1, -0.05) is 54.6 Å². The molecule has 3 heterocycles. The molecule has 0 aliphatic rings. The Morgan fingerprint density at radius 2 is 1.78 bits per heavy atom. The number of aryl methyl sites for hydroxylation is 1. The third-order valence-corrected chi connectivity index (χ3v) is 5.95. The molecule has 0 bridgehead atoms. The summed E-state index contributed by atoms with van der Waals surface area (Å²) >= 11 is 0. The third kappa shape index (κ3) is 5.01. The molecule has 2 aromatic carbocycles. The zero-order valence-electron chi connectivity index (χ0n) is 20.6. The average Bonchev–Trinajstić information content (AvgIpc) is 3.37. The lowest BCUT2D eigenvalue weighted by Crippen LogP contribution is -2.22. The lowest BCUT2D eigenvalue weighted by molar-refractivity contribution is 0.773. The van der Waals surface area contributed by atoms with Crippen LogP contribution in [0.25, 0.3) is 16.9 Å². The van der Waals surface area contributed by atoms with Crippen LogP contribution in [-0.2, 0) is 13.0 Å². The topological polar surface area (TPSA) is 110 Å². The summed E-state index contributed by atoms with van der Waals surface area (Å²) in [5.74, 6) is 1.88. The summed E-state index contributed by atoms with van der Waals surface area (Å²) in [6.07, 6.45) is 2.36. The minimum Gasteiger partial charge on any atom is -0.351 e. The van der Waals surface area contributed by atoms with Gasteiger partial charge in [0.1, 0.15) is 12.1 Å². The standard InChI is InChI=1S/C27H29N9/c1-18(12-20-8-7-9-21(14-20)16-28)31-26-32-19(2)13-25(34-26)35(3)27-33-23(22-10-5-4-6-11-22)15-24-29-17-30-36(24)27/h4-11,13-15,17-18H,12,16,28H2,1-3H3,(H,31,32,34)/t18-/m0/s1. The molecule has 9 nitrogen and oxygen atoms in total. The van der Waals surface area contributed by atoms with Crippen molar-refractivity contribution in [2.24, 2.45) is 5.73 Å². The molecule has 0 spiro atoms. The molecule has 5 rings (SSSR count). The Balaban J connectivity index is 1.43. The Hall–Kier alpha value is -4.37. The van der Waals surface area contributed by atoms with Gasteiger partial charge < -0.3 is 11.1 Å². The Bertz CT molecular complexity index is 1480. The molecule has 182 valence electrons. The van der Waals surface area contributed by atoms with Crippen LogP contribution in [0.2, 0.25) is 0 Å². The van der Waals surface area contributed by atoms with Gasteiger partial charge in [-0.3, -0.25) is 4.90 Å². The number of hydrogen-bond acceptors (Lipinski definition) is 8. The molecule has 3 N–H and O–H groups in total. The maximum Gasteiger partial charge on any atom is 0.234 e. The van der Waals surface area contributed by atoms with Crippen LogP contribution in [0.5, 0.6) is 0 Å². The molecule has 0 aliphatic carbocycles. The highest BCUT2D eigenvalue weighted by molar-refractivity contribution is 5.67. The van der Waals surface area contributed by atoms with Crippen LogP contribution in [0.15, 0.2) is 73.1 Å². The highest BCUT2D eigenvalue weighted by Gasteiger charge is 2.17. The first kappa shape index (κ1) is 23.4. The summed E-state index contributed by atoms with van der Waals surface area (Å²) in [4.78, 5) is 20.6. The second kappa shape index (κ2) is 10.1. The molecule has 0 aliphatic heterocycles. The minimum atomic E-state index is 0.125. The fourth-order valence-corrected chi connectivity index (χ4v) is 4.19. The van der Waals surface area contributed by atoms with Gasteiger partial charge in [0.2, 0.25) is 11.9 Å². The molecule has 0 unspecified atom stereocenters. The van der Waals surface area contributed by atoms with E-state index in [9.17, 15) is 0 Å². The van der Waals surface area contributed by atoms with Crippen LogP contribution in [-0.4, -0.2) is 42.6 Å². The van der Waals surface area contributed by atoms with E-state index in [1.807, 2.05) is 73.5 Å². The van der Waals surface area contributed by atoms with Crippen molar-refractivity contribution in [3.05, 3.63) is 89.9 Å². The molecule has 3 aromatic heterocycles. The van der Waals surface area contributed by atoms with Crippen LogP contribution >= 0.6 is 0 Å². The average molecular weight is 480 g/mol.